The van der Waals surface area contributed by atoms with Crippen LogP contribution in [0.25, 0.3) is 5.57 Å². The van der Waals surface area contributed by atoms with Crippen LogP contribution in [0.2, 0.25) is 0 Å². The Labute approximate surface area is 92.6 Å². The number of nitriles is 1. The van der Waals surface area contributed by atoms with Crippen molar-refractivity contribution >= 4 is 22.0 Å². The number of aromatic nitrogens is 1. The van der Waals surface area contributed by atoms with E-state index in [0.717, 1.165) is 30.8 Å². The molecule has 2 rings (SSSR count). The fourth-order valence-corrected chi connectivity index (χ4v) is 2.28. The van der Waals surface area contributed by atoms with E-state index in [2.05, 4.69) is 29.1 Å². The zero-order valence-corrected chi connectivity index (χ0v) is 9.34. The summed E-state index contributed by atoms with van der Waals surface area (Å²) in [4.78, 5) is 7.07. The van der Waals surface area contributed by atoms with Gasteiger partial charge in [-0.1, -0.05) is 17.4 Å². The highest BCUT2D eigenvalue weighted by atomic mass is 32.1. The number of hydrogen-bond acceptors (Lipinski definition) is 5. The molecule has 78 valence electrons. The van der Waals surface area contributed by atoms with Gasteiger partial charge in [0.1, 0.15) is 10.9 Å². The summed E-state index contributed by atoms with van der Waals surface area (Å²) in [5, 5.41) is 9.42. The molecule has 15 heavy (non-hydrogen) atoms. The minimum atomic E-state index is 0.473. The lowest BCUT2D eigenvalue weighted by Gasteiger charge is -2.20. The lowest BCUT2D eigenvalue weighted by atomic mass is 10.0. The average Bonchev–Trinajstić information content (AvgIpc) is 2.61. The summed E-state index contributed by atoms with van der Waals surface area (Å²) in [6, 6.07) is 2.15. The Hall–Kier alpha value is -1.38. The van der Waals surface area contributed by atoms with Gasteiger partial charge in [-0.15, -0.1) is 0 Å². The van der Waals surface area contributed by atoms with E-state index in [0.29, 0.717) is 10.0 Å². The molecule has 0 fully saturated rings. The zero-order valence-electron chi connectivity index (χ0n) is 8.53. The van der Waals surface area contributed by atoms with E-state index in [-0.39, 0.29) is 0 Å². The summed E-state index contributed by atoms with van der Waals surface area (Å²) in [6.07, 6.45) is 3.06. The third kappa shape index (κ3) is 2.01. The Bertz CT molecular complexity index is 441. The molecule has 0 saturated carbocycles. The molecule has 0 aromatic carbocycles. The normalized spacial score (nSPS) is 17.2. The van der Waals surface area contributed by atoms with Crippen molar-refractivity contribution in [1.29, 1.82) is 5.26 Å². The molecule has 1 aromatic rings. The molecule has 0 atom stereocenters. The molecular weight excluding hydrogens is 208 g/mol. The summed E-state index contributed by atoms with van der Waals surface area (Å²) in [6.45, 7) is 1.92. The molecule has 0 radical (unpaired) electrons. The predicted molar refractivity (Wildman–Crippen MR) is 61.3 cm³/mol. The first kappa shape index (κ1) is 10.1. The maximum atomic E-state index is 8.94. The van der Waals surface area contributed by atoms with Gasteiger partial charge in [-0.2, -0.15) is 5.26 Å². The van der Waals surface area contributed by atoms with Gasteiger partial charge >= 0.3 is 0 Å². The topological polar surface area (TPSA) is 65.9 Å². The van der Waals surface area contributed by atoms with E-state index >= 15 is 0 Å². The van der Waals surface area contributed by atoms with Crippen LogP contribution in [-0.2, 0) is 0 Å². The molecular formula is C10H12N4S. The summed E-state index contributed by atoms with van der Waals surface area (Å²) in [7, 11) is 2.08. The quantitative estimate of drug-likeness (QED) is 0.775. The van der Waals surface area contributed by atoms with Gasteiger partial charge < -0.3 is 10.6 Å². The molecule has 0 amide bonds. The first-order valence-electron chi connectivity index (χ1n) is 4.75. The van der Waals surface area contributed by atoms with E-state index in [1.54, 1.807) is 0 Å². The smallest absolute Gasteiger partial charge is 0.181 e. The third-order valence-corrected chi connectivity index (χ3v) is 3.25. The van der Waals surface area contributed by atoms with E-state index in [1.165, 1.54) is 11.3 Å². The maximum absolute atomic E-state index is 8.94. The van der Waals surface area contributed by atoms with Gasteiger partial charge in [0, 0.05) is 13.1 Å². The minimum absolute atomic E-state index is 0.473. The van der Waals surface area contributed by atoms with Gasteiger partial charge in [-0.3, -0.25) is 0 Å². The second-order valence-corrected chi connectivity index (χ2v) is 4.61. The van der Waals surface area contributed by atoms with Crippen molar-refractivity contribution in [2.45, 2.75) is 6.42 Å². The molecule has 1 aliphatic rings. The largest absolute Gasteiger partial charge is 0.375 e. The number of nitrogens with two attached hydrogens (primary N) is 1. The van der Waals surface area contributed by atoms with Gasteiger partial charge in [-0.25, -0.2) is 4.98 Å². The van der Waals surface area contributed by atoms with Crippen molar-refractivity contribution in [3.05, 3.63) is 16.6 Å². The highest BCUT2D eigenvalue weighted by Crippen LogP contribution is 2.28. The van der Waals surface area contributed by atoms with E-state index < -0.39 is 0 Å². The number of nitrogen functional groups attached to an aromatic ring is 1. The summed E-state index contributed by atoms with van der Waals surface area (Å²) >= 11 is 1.26. The molecule has 1 aromatic heterocycles. The van der Waals surface area contributed by atoms with Crippen molar-refractivity contribution in [2.75, 3.05) is 25.9 Å². The van der Waals surface area contributed by atoms with Crippen molar-refractivity contribution in [3.63, 3.8) is 0 Å². The fraction of sp³-hybridized carbons (Fsp3) is 0.400. The van der Waals surface area contributed by atoms with Crippen LogP contribution in [0.4, 0.5) is 5.13 Å². The van der Waals surface area contributed by atoms with E-state index in [4.69, 9.17) is 11.0 Å². The van der Waals surface area contributed by atoms with Crippen molar-refractivity contribution in [2.24, 2.45) is 0 Å². The Balaban J connectivity index is 2.34. The van der Waals surface area contributed by atoms with E-state index in [1.807, 2.05) is 0 Å². The Morgan fingerprint density at radius 1 is 1.67 bits per heavy atom. The summed E-state index contributed by atoms with van der Waals surface area (Å²) < 4.78 is 0. The van der Waals surface area contributed by atoms with Gasteiger partial charge in [0.25, 0.3) is 0 Å². The monoisotopic (exact) mass is 220 g/mol. The van der Waals surface area contributed by atoms with E-state index in [9.17, 15) is 0 Å². The maximum Gasteiger partial charge on any atom is 0.181 e. The molecule has 0 bridgehead atoms. The number of hydrogen-bond donors (Lipinski definition) is 1. The van der Waals surface area contributed by atoms with Crippen molar-refractivity contribution in [3.8, 4) is 6.07 Å². The van der Waals surface area contributed by atoms with Gasteiger partial charge in [0.2, 0.25) is 0 Å². The number of anilines is 1. The van der Waals surface area contributed by atoms with Gasteiger partial charge in [0.15, 0.2) is 5.13 Å². The van der Waals surface area contributed by atoms with Gasteiger partial charge in [-0.05, 0) is 19.0 Å². The van der Waals surface area contributed by atoms with Crippen LogP contribution in [0.5, 0.6) is 0 Å². The zero-order chi connectivity index (χ0) is 10.8. The molecule has 0 unspecified atom stereocenters. The predicted octanol–water partition coefficient (Wildman–Crippen LogP) is 1.32. The second kappa shape index (κ2) is 4.01. The summed E-state index contributed by atoms with van der Waals surface area (Å²) in [5.74, 6) is 0. The molecule has 1 aliphatic heterocycles. The molecule has 0 aliphatic carbocycles. The number of nitrogens with zero attached hydrogens (tertiary/aromatic N) is 3. The third-order valence-electron chi connectivity index (χ3n) is 2.46. The lowest BCUT2D eigenvalue weighted by Crippen LogP contribution is -2.23. The molecule has 0 saturated heterocycles. The Morgan fingerprint density at radius 2 is 2.47 bits per heavy atom. The highest BCUT2D eigenvalue weighted by Gasteiger charge is 2.16. The number of rotatable bonds is 1. The lowest BCUT2D eigenvalue weighted by molar-refractivity contribution is 0.370. The van der Waals surface area contributed by atoms with Crippen molar-refractivity contribution < 1.29 is 0 Å². The highest BCUT2D eigenvalue weighted by molar-refractivity contribution is 7.16. The van der Waals surface area contributed by atoms with Crippen LogP contribution in [0.15, 0.2) is 6.08 Å². The van der Waals surface area contributed by atoms with Crippen LogP contribution >= 0.6 is 11.3 Å². The van der Waals surface area contributed by atoms with Crippen LogP contribution in [0.1, 0.15) is 17.0 Å². The SMILES string of the molecule is CN1CC=C(c2nc(N)sc2C#N)CC1. The van der Waals surface area contributed by atoms with Gasteiger partial charge in [0.05, 0.1) is 5.69 Å². The fourth-order valence-electron chi connectivity index (χ4n) is 1.62. The minimum Gasteiger partial charge on any atom is -0.375 e. The molecule has 4 nitrogen and oxygen atoms in total. The van der Waals surface area contributed by atoms with Crippen LogP contribution in [-0.4, -0.2) is 30.0 Å². The first-order valence-corrected chi connectivity index (χ1v) is 5.56. The van der Waals surface area contributed by atoms with Crippen molar-refractivity contribution in [1.82, 2.24) is 9.88 Å². The Morgan fingerprint density at radius 3 is 3.07 bits per heavy atom. The Kier molecular flexibility index (Phi) is 2.71. The first-order chi connectivity index (χ1) is 7.20. The summed E-state index contributed by atoms with van der Waals surface area (Å²) in [5.41, 5.74) is 7.54. The molecule has 2 N–H and O–H groups in total. The number of thiazole rings is 1. The number of likely N-dealkylation sites (N-methyl/N-ethyl adjacent to an activating group) is 1. The molecule has 2 heterocycles. The standard InChI is InChI=1S/C10H12N4S/c1-14-4-2-7(3-5-14)9-8(6-11)15-10(12)13-9/h2H,3-5H2,1H3,(H2,12,13). The van der Waals surface area contributed by atoms with Crippen LogP contribution in [0, 0.1) is 11.3 Å². The molecule has 0 spiro atoms. The molecule has 5 heteroatoms. The average molecular weight is 220 g/mol. The van der Waals surface area contributed by atoms with Crippen LogP contribution in [0.3, 0.4) is 0 Å². The second-order valence-electron chi connectivity index (χ2n) is 3.58. The van der Waals surface area contributed by atoms with Crippen LogP contribution < -0.4 is 5.73 Å².